The van der Waals surface area contributed by atoms with E-state index < -0.39 is 17.9 Å². The van der Waals surface area contributed by atoms with Gasteiger partial charge in [0.05, 0.1) is 18.2 Å². The highest BCUT2D eigenvalue weighted by atomic mass is 35.5. The summed E-state index contributed by atoms with van der Waals surface area (Å²) in [5.41, 5.74) is 0.248. The minimum absolute atomic E-state index is 0.248. The summed E-state index contributed by atoms with van der Waals surface area (Å²) in [5.74, 6) is -0.779. The van der Waals surface area contributed by atoms with Gasteiger partial charge in [0.25, 0.3) is 5.91 Å². The molecule has 0 aliphatic carbocycles. The molecular weight excluding hydrogens is 322 g/mol. The van der Waals surface area contributed by atoms with E-state index in [-0.39, 0.29) is 10.6 Å². The normalized spacial score (nSPS) is 11.7. The lowest BCUT2D eigenvalue weighted by Gasteiger charge is -2.22. The minimum atomic E-state index is -1.08. The molecule has 0 saturated heterocycles. The second kappa shape index (κ2) is 8.62. The number of likely N-dealkylation sites (N-methyl/N-ethyl adjacent to an activating group) is 1. The largest absolute Gasteiger partial charge is 0.490 e. The Kier molecular flexibility index (Phi) is 7.16. The predicted molar refractivity (Wildman–Crippen MR) is 87.6 cm³/mol. The number of ether oxygens (including phenoxy) is 2. The number of carboxylic acid groups (broad SMARTS) is 1. The molecule has 0 bridgehead atoms. The van der Waals surface area contributed by atoms with Crippen molar-refractivity contribution >= 4 is 23.5 Å². The molecule has 0 aliphatic rings. The summed E-state index contributed by atoms with van der Waals surface area (Å²) in [5, 5.41) is 9.27. The van der Waals surface area contributed by atoms with E-state index in [4.69, 9.17) is 26.2 Å². The van der Waals surface area contributed by atoms with Crippen LogP contribution in [0.2, 0.25) is 5.02 Å². The highest BCUT2D eigenvalue weighted by molar-refractivity contribution is 6.32. The first kappa shape index (κ1) is 19.1. The SMILES string of the molecule is CCCOc1c(Cl)cc(C(=O)N(C)C(C)C(=O)O)cc1OCC. The molecule has 0 spiro atoms. The van der Waals surface area contributed by atoms with Gasteiger partial charge in [0, 0.05) is 12.6 Å². The monoisotopic (exact) mass is 343 g/mol. The number of carboxylic acids is 1. The van der Waals surface area contributed by atoms with Crippen LogP contribution in [0.15, 0.2) is 12.1 Å². The molecule has 0 radical (unpaired) electrons. The van der Waals surface area contributed by atoms with Crippen molar-refractivity contribution < 1.29 is 24.2 Å². The van der Waals surface area contributed by atoms with E-state index in [2.05, 4.69) is 0 Å². The van der Waals surface area contributed by atoms with Crippen LogP contribution in [0.5, 0.6) is 11.5 Å². The fourth-order valence-corrected chi connectivity index (χ4v) is 2.11. The summed E-state index contributed by atoms with van der Waals surface area (Å²) in [6.45, 7) is 6.07. The van der Waals surface area contributed by atoms with Crippen LogP contribution < -0.4 is 9.47 Å². The molecule has 1 atom stereocenters. The Morgan fingerprint density at radius 2 is 1.96 bits per heavy atom. The van der Waals surface area contributed by atoms with Crippen molar-refractivity contribution in [2.24, 2.45) is 0 Å². The second-order valence-corrected chi connectivity index (χ2v) is 5.40. The van der Waals surface area contributed by atoms with Gasteiger partial charge in [-0.05, 0) is 32.4 Å². The molecule has 0 aliphatic heterocycles. The molecule has 1 N–H and O–H groups in total. The lowest BCUT2D eigenvalue weighted by molar-refractivity contribution is -0.141. The van der Waals surface area contributed by atoms with Gasteiger partial charge in [-0.15, -0.1) is 0 Å². The summed E-state index contributed by atoms with van der Waals surface area (Å²) in [6, 6.07) is 2.03. The molecule has 0 saturated carbocycles. The number of rotatable bonds is 8. The number of carbonyl (C=O) groups is 2. The van der Waals surface area contributed by atoms with Crippen LogP contribution in [0.25, 0.3) is 0 Å². The molecule has 1 unspecified atom stereocenters. The van der Waals surface area contributed by atoms with E-state index in [1.54, 1.807) is 0 Å². The minimum Gasteiger partial charge on any atom is -0.490 e. The van der Waals surface area contributed by atoms with Crippen molar-refractivity contribution in [1.82, 2.24) is 4.90 Å². The lowest BCUT2D eigenvalue weighted by Crippen LogP contribution is -2.40. The van der Waals surface area contributed by atoms with Gasteiger partial charge < -0.3 is 19.5 Å². The van der Waals surface area contributed by atoms with Crippen molar-refractivity contribution in [1.29, 1.82) is 0 Å². The summed E-state index contributed by atoms with van der Waals surface area (Å²) >= 11 is 6.20. The van der Waals surface area contributed by atoms with Crippen LogP contribution in [-0.4, -0.2) is 48.2 Å². The van der Waals surface area contributed by atoms with Crippen LogP contribution in [-0.2, 0) is 4.79 Å². The predicted octanol–water partition coefficient (Wildman–Crippen LogP) is 3.07. The number of halogens is 1. The molecule has 0 heterocycles. The molecule has 0 fully saturated rings. The molecule has 7 heteroatoms. The summed E-state index contributed by atoms with van der Waals surface area (Å²) in [7, 11) is 1.43. The van der Waals surface area contributed by atoms with Gasteiger partial charge in [0.15, 0.2) is 11.5 Å². The Morgan fingerprint density at radius 1 is 1.30 bits per heavy atom. The first-order valence-electron chi connectivity index (χ1n) is 7.42. The molecule has 0 aromatic heterocycles. The van der Waals surface area contributed by atoms with Crippen LogP contribution in [0.1, 0.15) is 37.6 Å². The van der Waals surface area contributed by atoms with Crippen molar-refractivity contribution in [3.05, 3.63) is 22.7 Å². The second-order valence-electron chi connectivity index (χ2n) is 5.00. The lowest BCUT2D eigenvalue weighted by atomic mass is 10.1. The number of nitrogens with zero attached hydrogens (tertiary/aromatic N) is 1. The highest BCUT2D eigenvalue weighted by Crippen LogP contribution is 2.37. The summed E-state index contributed by atoms with van der Waals surface area (Å²) in [4.78, 5) is 24.6. The van der Waals surface area contributed by atoms with E-state index in [1.165, 1.54) is 26.1 Å². The van der Waals surface area contributed by atoms with Gasteiger partial charge in [0.1, 0.15) is 6.04 Å². The standard InChI is InChI=1S/C16H22ClNO5/c1-5-7-23-14-12(17)8-11(9-13(14)22-6-2)15(19)18(4)10(3)16(20)21/h8-10H,5-7H2,1-4H3,(H,20,21). The van der Waals surface area contributed by atoms with Crippen LogP contribution in [0.4, 0.5) is 0 Å². The maximum absolute atomic E-state index is 12.4. The zero-order valence-corrected chi connectivity index (χ0v) is 14.5. The third-order valence-electron chi connectivity index (χ3n) is 3.27. The number of aliphatic carboxylic acids is 1. The number of carbonyl (C=O) groups excluding carboxylic acids is 1. The highest BCUT2D eigenvalue weighted by Gasteiger charge is 2.24. The van der Waals surface area contributed by atoms with Gasteiger partial charge in [-0.3, -0.25) is 4.79 Å². The van der Waals surface area contributed by atoms with Gasteiger partial charge >= 0.3 is 5.97 Å². The Morgan fingerprint density at radius 3 is 2.48 bits per heavy atom. The van der Waals surface area contributed by atoms with E-state index in [9.17, 15) is 9.59 Å². The van der Waals surface area contributed by atoms with Gasteiger partial charge in [0.2, 0.25) is 0 Å². The fraction of sp³-hybridized carbons (Fsp3) is 0.500. The quantitative estimate of drug-likeness (QED) is 0.785. The summed E-state index contributed by atoms with van der Waals surface area (Å²) < 4.78 is 11.1. The third kappa shape index (κ3) is 4.76. The number of amides is 1. The molecule has 1 amide bonds. The zero-order chi connectivity index (χ0) is 17.6. The van der Waals surface area contributed by atoms with Crippen molar-refractivity contribution in [2.45, 2.75) is 33.2 Å². The average molecular weight is 344 g/mol. The molecular formula is C16H22ClNO5. The van der Waals surface area contributed by atoms with E-state index in [1.807, 2.05) is 13.8 Å². The molecule has 128 valence electrons. The molecule has 1 aromatic rings. The summed E-state index contributed by atoms with van der Waals surface area (Å²) in [6.07, 6.45) is 0.807. The van der Waals surface area contributed by atoms with E-state index in [0.29, 0.717) is 24.7 Å². The Labute approximate surface area is 140 Å². The number of hydrogen-bond acceptors (Lipinski definition) is 4. The maximum Gasteiger partial charge on any atom is 0.326 e. The molecule has 1 aromatic carbocycles. The Hall–Kier alpha value is -1.95. The third-order valence-corrected chi connectivity index (χ3v) is 3.55. The first-order valence-corrected chi connectivity index (χ1v) is 7.80. The Balaban J connectivity index is 3.17. The fourth-order valence-electron chi connectivity index (χ4n) is 1.84. The molecule has 1 rings (SSSR count). The average Bonchev–Trinajstić information content (AvgIpc) is 2.51. The first-order chi connectivity index (χ1) is 10.8. The maximum atomic E-state index is 12.4. The smallest absolute Gasteiger partial charge is 0.326 e. The van der Waals surface area contributed by atoms with Crippen molar-refractivity contribution in [3.8, 4) is 11.5 Å². The van der Waals surface area contributed by atoms with Crippen LogP contribution in [0.3, 0.4) is 0 Å². The molecule has 23 heavy (non-hydrogen) atoms. The zero-order valence-electron chi connectivity index (χ0n) is 13.8. The van der Waals surface area contributed by atoms with Crippen molar-refractivity contribution in [2.75, 3.05) is 20.3 Å². The molecule has 6 nitrogen and oxygen atoms in total. The van der Waals surface area contributed by atoms with Gasteiger partial charge in [-0.25, -0.2) is 4.79 Å². The van der Waals surface area contributed by atoms with E-state index in [0.717, 1.165) is 11.3 Å². The van der Waals surface area contributed by atoms with Crippen molar-refractivity contribution in [3.63, 3.8) is 0 Å². The van der Waals surface area contributed by atoms with Gasteiger partial charge in [-0.1, -0.05) is 18.5 Å². The van der Waals surface area contributed by atoms with Crippen LogP contribution in [0, 0.1) is 0 Å². The van der Waals surface area contributed by atoms with E-state index >= 15 is 0 Å². The number of hydrogen-bond donors (Lipinski definition) is 1. The van der Waals surface area contributed by atoms with Gasteiger partial charge in [-0.2, -0.15) is 0 Å². The topological polar surface area (TPSA) is 76.1 Å². The Bertz CT molecular complexity index is 576. The number of benzene rings is 1. The van der Waals surface area contributed by atoms with Crippen LogP contribution >= 0.6 is 11.6 Å².